The zero-order chi connectivity index (χ0) is 12.3. The second-order valence-electron chi connectivity index (χ2n) is 4.59. The minimum atomic E-state index is -0.896. The topological polar surface area (TPSA) is 86.6 Å². The number of rotatable bonds is 6. The Morgan fingerprint density at radius 3 is 2.31 bits per heavy atom. The number of carboxylic acid groups (broad SMARTS) is 1. The average Bonchev–Trinajstić information content (AvgIpc) is 2.94. The van der Waals surface area contributed by atoms with Crippen LogP contribution in [0.1, 0.15) is 39.5 Å². The number of aliphatic hydroxyl groups is 1. The summed E-state index contributed by atoms with van der Waals surface area (Å²) in [6, 6.07) is -0.294. The van der Waals surface area contributed by atoms with Gasteiger partial charge in [0.25, 0.3) is 0 Å². The first-order valence-electron chi connectivity index (χ1n) is 5.62. The van der Waals surface area contributed by atoms with E-state index in [9.17, 15) is 14.7 Å². The van der Waals surface area contributed by atoms with E-state index in [2.05, 4.69) is 5.32 Å². The molecule has 2 atom stereocenters. The van der Waals surface area contributed by atoms with Crippen LogP contribution >= 0.6 is 0 Å². The Balaban J connectivity index is 2.44. The van der Waals surface area contributed by atoms with Crippen LogP contribution in [0.15, 0.2) is 0 Å². The Labute approximate surface area is 94.8 Å². The highest BCUT2D eigenvalue weighted by Crippen LogP contribution is 2.48. The van der Waals surface area contributed by atoms with E-state index in [0.29, 0.717) is 19.3 Å². The maximum Gasteiger partial charge on any atom is 0.310 e. The summed E-state index contributed by atoms with van der Waals surface area (Å²) in [6.07, 6.45) is 1.17. The molecule has 3 N–H and O–H groups in total. The SMILES string of the molecule is CCC(NC(=O)CC1(C(=O)O)CC1)C(C)O. The lowest BCUT2D eigenvalue weighted by Crippen LogP contribution is -2.42. The molecule has 0 saturated heterocycles. The van der Waals surface area contributed by atoms with Gasteiger partial charge in [-0.2, -0.15) is 0 Å². The van der Waals surface area contributed by atoms with Crippen LogP contribution in [0.5, 0.6) is 0 Å². The number of amides is 1. The highest BCUT2D eigenvalue weighted by molar-refractivity contribution is 5.87. The van der Waals surface area contributed by atoms with Gasteiger partial charge in [-0.1, -0.05) is 6.92 Å². The minimum absolute atomic E-state index is 0.0194. The molecule has 1 aliphatic carbocycles. The quantitative estimate of drug-likeness (QED) is 0.619. The van der Waals surface area contributed by atoms with E-state index < -0.39 is 17.5 Å². The summed E-state index contributed by atoms with van der Waals surface area (Å²) >= 11 is 0. The van der Waals surface area contributed by atoms with Gasteiger partial charge in [-0.3, -0.25) is 9.59 Å². The lowest BCUT2D eigenvalue weighted by atomic mass is 10.0. The number of hydrogen-bond acceptors (Lipinski definition) is 3. The van der Waals surface area contributed by atoms with E-state index in [-0.39, 0.29) is 18.4 Å². The number of aliphatic carboxylic acids is 1. The molecule has 0 heterocycles. The monoisotopic (exact) mass is 229 g/mol. The zero-order valence-corrected chi connectivity index (χ0v) is 9.69. The van der Waals surface area contributed by atoms with Crippen molar-refractivity contribution < 1.29 is 19.8 Å². The number of carboxylic acids is 1. The predicted molar refractivity (Wildman–Crippen MR) is 57.8 cm³/mol. The van der Waals surface area contributed by atoms with Crippen LogP contribution < -0.4 is 5.32 Å². The molecule has 1 aliphatic rings. The van der Waals surface area contributed by atoms with Gasteiger partial charge < -0.3 is 15.5 Å². The summed E-state index contributed by atoms with van der Waals surface area (Å²) in [5.41, 5.74) is -0.832. The Morgan fingerprint density at radius 2 is 2.00 bits per heavy atom. The largest absolute Gasteiger partial charge is 0.481 e. The summed E-state index contributed by atoms with van der Waals surface area (Å²) in [4.78, 5) is 22.5. The van der Waals surface area contributed by atoms with Crippen LogP contribution in [0.2, 0.25) is 0 Å². The van der Waals surface area contributed by atoms with Crippen molar-refractivity contribution in [1.29, 1.82) is 0 Å². The van der Waals surface area contributed by atoms with E-state index >= 15 is 0 Å². The number of carbonyl (C=O) groups excluding carboxylic acids is 1. The zero-order valence-electron chi connectivity index (χ0n) is 9.69. The van der Waals surface area contributed by atoms with Crippen molar-refractivity contribution in [2.45, 2.75) is 51.7 Å². The van der Waals surface area contributed by atoms with Gasteiger partial charge in [0, 0.05) is 6.42 Å². The highest BCUT2D eigenvalue weighted by Gasteiger charge is 2.51. The minimum Gasteiger partial charge on any atom is -0.481 e. The molecule has 1 fully saturated rings. The normalized spacial score (nSPS) is 20.9. The fourth-order valence-corrected chi connectivity index (χ4v) is 1.75. The molecule has 1 rings (SSSR count). The number of aliphatic hydroxyl groups excluding tert-OH is 1. The molecule has 16 heavy (non-hydrogen) atoms. The Morgan fingerprint density at radius 1 is 1.44 bits per heavy atom. The highest BCUT2D eigenvalue weighted by atomic mass is 16.4. The third kappa shape index (κ3) is 2.95. The third-order valence-corrected chi connectivity index (χ3v) is 3.17. The maximum atomic E-state index is 11.6. The van der Waals surface area contributed by atoms with Crippen molar-refractivity contribution in [2.24, 2.45) is 5.41 Å². The molecule has 1 saturated carbocycles. The van der Waals surface area contributed by atoms with E-state index in [0.717, 1.165) is 0 Å². The van der Waals surface area contributed by atoms with Crippen molar-refractivity contribution in [3.05, 3.63) is 0 Å². The molecule has 0 aromatic heterocycles. The molecule has 0 aromatic carbocycles. The molecular weight excluding hydrogens is 210 g/mol. The summed E-state index contributed by atoms with van der Waals surface area (Å²) in [5.74, 6) is -1.18. The number of carbonyl (C=O) groups is 2. The van der Waals surface area contributed by atoms with Crippen LogP contribution in [0.4, 0.5) is 0 Å². The van der Waals surface area contributed by atoms with Gasteiger partial charge in [0.15, 0.2) is 0 Å². The third-order valence-electron chi connectivity index (χ3n) is 3.17. The molecule has 92 valence electrons. The lowest BCUT2D eigenvalue weighted by Gasteiger charge is -2.20. The average molecular weight is 229 g/mol. The molecule has 0 aliphatic heterocycles. The van der Waals surface area contributed by atoms with Crippen molar-refractivity contribution >= 4 is 11.9 Å². The Bertz CT molecular complexity index is 284. The molecule has 5 heteroatoms. The fraction of sp³-hybridized carbons (Fsp3) is 0.818. The van der Waals surface area contributed by atoms with Gasteiger partial charge in [0.2, 0.25) is 5.91 Å². The summed E-state index contributed by atoms with van der Waals surface area (Å²) in [6.45, 7) is 3.47. The summed E-state index contributed by atoms with van der Waals surface area (Å²) in [7, 11) is 0. The first-order chi connectivity index (χ1) is 7.41. The van der Waals surface area contributed by atoms with E-state index in [1.54, 1.807) is 6.92 Å². The van der Waals surface area contributed by atoms with Gasteiger partial charge in [0.1, 0.15) is 0 Å². The van der Waals surface area contributed by atoms with E-state index in [1.165, 1.54) is 0 Å². The first-order valence-corrected chi connectivity index (χ1v) is 5.62. The molecule has 0 radical (unpaired) electrons. The predicted octanol–water partition coefficient (Wildman–Crippen LogP) is 0.517. The van der Waals surface area contributed by atoms with Gasteiger partial charge in [-0.25, -0.2) is 0 Å². The van der Waals surface area contributed by atoms with Crippen molar-refractivity contribution in [3.63, 3.8) is 0 Å². The summed E-state index contributed by atoms with van der Waals surface area (Å²) in [5, 5.41) is 20.9. The summed E-state index contributed by atoms with van der Waals surface area (Å²) < 4.78 is 0. The van der Waals surface area contributed by atoms with Crippen molar-refractivity contribution in [2.75, 3.05) is 0 Å². The molecule has 0 aromatic rings. The Kier molecular flexibility index (Phi) is 3.91. The second-order valence-corrected chi connectivity index (χ2v) is 4.59. The van der Waals surface area contributed by atoms with Crippen molar-refractivity contribution in [1.82, 2.24) is 5.32 Å². The standard InChI is InChI=1S/C11H19NO4/c1-3-8(7(2)13)12-9(14)6-11(4-5-11)10(15)16/h7-8,13H,3-6H2,1-2H3,(H,12,14)(H,15,16). The smallest absolute Gasteiger partial charge is 0.310 e. The van der Waals surface area contributed by atoms with E-state index in [1.807, 2.05) is 6.92 Å². The van der Waals surface area contributed by atoms with Gasteiger partial charge >= 0.3 is 5.97 Å². The van der Waals surface area contributed by atoms with Gasteiger partial charge in [0.05, 0.1) is 17.6 Å². The van der Waals surface area contributed by atoms with E-state index in [4.69, 9.17) is 5.11 Å². The maximum absolute atomic E-state index is 11.6. The molecular formula is C11H19NO4. The number of nitrogens with one attached hydrogen (secondary N) is 1. The molecule has 0 bridgehead atoms. The second kappa shape index (κ2) is 4.82. The van der Waals surface area contributed by atoms with Crippen LogP contribution in [0.3, 0.4) is 0 Å². The van der Waals surface area contributed by atoms with Crippen LogP contribution in [-0.2, 0) is 9.59 Å². The van der Waals surface area contributed by atoms with Crippen LogP contribution in [0, 0.1) is 5.41 Å². The van der Waals surface area contributed by atoms with Crippen LogP contribution in [0.25, 0.3) is 0 Å². The molecule has 0 spiro atoms. The molecule has 1 amide bonds. The van der Waals surface area contributed by atoms with Gasteiger partial charge in [-0.15, -0.1) is 0 Å². The molecule has 5 nitrogen and oxygen atoms in total. The van der Waals surface area contributed by atoms with Crippen LogP contribution in [-0.4, -0.2) is 34.2 Å². The van der Waals surface area contributed by atoms with Crippen molar-refractivity contribution in [3.8, 4) is 0 Å². The Hall–Kier alpha value is -1.10. The fourth-order valence-electron chi connectivity index (χ4n) is 1.75. The lowest BCUT2D eigenvalue weighted by molar-refractivity contribution is -0.145. The number of hydrogen-bond donors (Lipinski definition) is 3. The molecule has 2 unspecified atom stereocenters. The van der Waals surface area contributed by atoms with Gasteiger partial charge in [-0.05, 0) is 26.2 Å². The first kappa shape index (κ1) is 13.0.